The molecule has 1 aromatic heterocycles. The Morgan fingerprint density at radius 1 is 1.15 bits per heavy atom. The number of aromatic nitrogens is 2. The van der Waals surface area contributed by atoms with Crippen LogP contribution in [0, 0.1) is 0 Å². The van der Waals surface area contributed by atoms with E-state index in [1.807, 2.05) is 0 Å². The van der Waals surface area contributed by atoms with Crippen molar-refractivity contribution in [3.05, 3.63) is 11.2 Å². The number of nitrogens with zero attached hydrogens (tertiary/aromatic N) is 4. The monoisotopic (exact) mass is 418 g/mol. The van der Waals surface area contributed by atoms with E-state index in [1.165, 1.54) is 4.90 Å². The van der Waals surface area contributed by atoms with E-state index in [-0.39, 0.29) is 29.4 Å². The normalized spacial score (nSPS) is 21.3. The average molecular weight is 419 g/mol. The SMILES string of the molecule is CC(C)(C)[Si](C)(C)OC1CCN(c2nc(Cl)cc(N3CC(F)(F)C3)n2)CC1. The molecule has 2 aliphatic rings. The van der Waals surface area contributed by atoms with Crippen LogP contribution in [0.15, 0.2) is 6.07 Å². The maximum absolute atomic E-state index is 13.2. The highest BCUT2D eigenvalue weighted by Gasteiger charge is 2.45. The van der Waals surface area contributed by atoms with Crippen molar-refractivity contribution in [1.29, 1.82) is 0 Å². The van der Waals surface area contributed by atoms with Crippen LogP contribution in [-0.2, 0) is 4.43 Å². The van der Waals surface area contributed by atoms with Gasteiger partial charge in [-0.3, -0.25) is 0 Å². The maximum Gasteiger partial charge on any atom is 0.282 e. The first-order chi connectivity index (χ1) is 12.4. The summed E-state index contributed by atoms with van der Waals surface area (Å²) in [6.45, 7) is 12.2. The van der Waals surface area contributed by atoms with E-state index in [1.54, 1.807) is 6.07 Å². The van der Waals surface area contributed by atoms with Gasteiger partial charge in [-0.25, -0.2) is 13.8 Å². The zero-order chi connectivity index (χ0) is 20.0. The second kappa shape index (κ2) is 7.11. The highest BCUT2D eigenvalue weighted by Crippen LogP contribution is 2.38. The van der Waals surface area contributed by atoms with Gasteiger partial charge in [-0.2, -0.15) is 4.98 Å². The standard InChI is InChI=1S/C18H29ClF2N4OSi/c1-17(2,3)27(4,5)26-13-6-8-24(9-7-13)16-22-14(19)10-15(23-16)25-11-18(20,21)12-25/h10,13H,6-9,11-12H2,1-5H3. The Labute approximate surface area is 166 Å². The highest BCUT2D eigenvalue weighted by molar-refractivity contribution is 6.74. The van der Waals surface area contributed by atoms with E-state index in [9.17, 15) is 8.78 Å². The molecule has 2 fully saturated rings. The molecule has 1 aromatic rings. The number of alkyl halides is 2. The molecule has 0 aliphatic carbocycles. The summed E-state index contributed by atoms with van der Waals surface area (Å²) >= 11 is 6.12. The third kappa shape index (κ3) is 4.71. The average Bonchev–Trinajstić information content (AvgIpc) is 2.51. The first kappa shape index (κ1) is 20.7. The minimum atomic E-state index is -2.64. The molecule has 0 spiro atoms. The van der Waals surface area contributed by atoms with Crippen molar-refractivity contribution in [2.75, 3.05) is 36.0 Å². The van der Waals surface area contributed by atoms with Gasteiger partial charge in [0.05, 0.1) is 13.1 Å². The van der Waals surface area contributed by atoms with Crippen LogP contribution in [0.3, 0.4) is 0 Å². The molecular formula is C18H29ClF2N4OSi. The summed E-state index contributed by atoms with van der Waals surface area (Å²) in [6.07, 6.45) is 2.05. The molecule has 3 rings (SSSR count). The van der Waals surface area contributed by atoms with Crippen LogP contribution in [-0.4, -0.2) is 56.5 Å². The maximum atomic E-state index is 13.2. The Kier molecular flexibility index (Phi) is 5.46. The summed E-state index contributed by atoms with van der Waals surface area (Å²) in [6, 6.07) is 1.55. The van der Waals surface area contributed by atoms with Gasteiger partial charge in [0.1, 0.15) is 11.0 Å². The predicted molar refractivity (Wildman–Crippen MR) is 108 cm³/mol. The third-order valence-electron chi connectivity index (χ3n) is 5.83. The molecule has 152 valence electrons. The molecular weight excluding hydrogens is 390 g/mol. The Morgan fingerprint density at radius 2 is 1.74 bits per heavy atom. The van der Waals surface area contributed by atoms with Crippen molar-refractivity contribution in [2.24, 2.45) is 0 Å². The summed E-state index contributed by atoms with van der Waals surface area (Å²) in [4.78, 5) is 12.4. The molecule has 0 amide bonds. The van der Waals surface area contributed by atoms with Gasteiger partial charge < -0.3 is 14.2 Å². The van der Waals surface area contributed by atoms with Gasteiger partial charge >= 0.3 is 0 Å². The first-order valence-corrected chi connectivity index (χ1v) is 12.8. The molecule has 0 unspecified atom stereocenters. The van der Waals surface area contributed by atoms with Gasteiger partial charge in [-0.05, 0) is 31.0 Å². The van der Waals surface area contributed by atoms with Crippen LogP contribution >= 0.6 is 11.6 Å². The lowest BCUT2D eigenvalue weighted by atomic mass is 10.1. The van der Waals surface area contributed by atoms with Crippen molar-refractivity contribution >= 4 is 31.7 Å². The largest absolute Gasteiger partial charge is 0.414 e. The molecule has 0 atom stereocenters. The molecule has 2 saturated heterocycles. The van der Waals surface area contributed by atoms with Crippen LogP contribution in [0.1, 0.15) is 33.6 Å². The van der Waals surface area contributed by atoms with Crippen LogP contribution in [0.25, 0.3) is 0 Å². The lowest BCUT2D eigenvalue weighted by molar-refractivity contribution is -0.0267. The van der Waals surface area contributed by atoms with Gasteiger partial charge in [-0.1, -0.05) is 32.4 Å². The first-order valence-electron chi connectivity index (χ1n) is 9.46. The van der Waals surface area contributed by atoms with Crippen molar-refractivity contribution in [3.8, 4) is 0 Å². The minimum Gasteiger partial charge on any atom is -0.414 e. The third-order valence-corrected chi connectivity index (χ3v) is 10.6. The highest BCUT2D eigenvalue weighted by atomic mass is 35.5. The number of rotatable bonds is 4. The Morgan fingerprint density at radius 3 is 2.26 bits per heavy atom. The van der Waals surface area contributed by atoms with Crippen LogP contribution in [0.4, 0.5) is 20.5 Å². The molecule has 3 heterocycles. The van der Waals surface area contributed by atoms with E-state index in [0.717, 1.165) is 25.9 Å². The van der Waals surface area contributed by atoms with Gasteiger partial charge in [-0.15, -0.1) is 0 Å². The summed E-state index contributed by atoms with van der Waals surface area (Å²) in [5, 5.41) is 0.471. The number of anilines is 2. The number of hydrogen-bond acceptors (Lipinski definition) is 5. The van der Waals surface area contributed by atoms with E-state index >= 15 is 0 Å². The summed E-state index contributed by atoms with van der Waals surface area (Å²) in [7, 11) is -1.79. The lowest BCUT2D eigenvalue weighted by Crippen LogP contribution is -2.56. The fraction of sp³-hybridized carbons (Fsp3) is 0.778. The molecule has 0 aromatic carbocycles. The van der Waals surface area contributed by atoms with Crippen molar-refractivity contribution < 1.29 is 13.2 Å². The van der Waals surface area contributed by atoms with E-state index in [2.05, 4.69) is 48.7 Å². The topological polar surface area (TPSA) is 41.5 Å². The van der Waals surface area contributed by atoms with Crippen molar-refractivity contribution in [2.45, 2.75) is 63.8 Å². The van der Waals surface area contributed by atoms with E-state index in [0.29, 0.717) is 11.8 Å². The second-order valence-corrected chi connectivity index (χ2v) is 14.3. The van der Waals surface area contributed by atoms with Gasteiger partial charge in [0.25, 0.3) is 5.92 Å². The lowest BCUT2D eigenvalue weighted by Gasteiger charge is -2.42. The minimum absolute atomic E-state index is 0.189. The summed E-state index contributed by atoms with van der Waals surface area (Å²) < 4.78 is 32.8. The molecule has 0 saturated carbocycles. The number of piperidine rings is 1. The molecule has 2 aliphatic heterocycles. The zero-order valence-electron chi connectivity index (χ0n) is 16.7. The Hall–Kier alpha value is -0.993. The molecule has 27 heavy (non-hydrogen) atoms. The molecule has 0 radical (unpaired) electrons. The van der Waals surface area contributed by atoms with E-state index < -0.39 is 14.2 Å². The van der Waals surface area contributed by atoms with Crippen LogP contribution in [0.5, 0.6) is 0 Å². The molecule has 9 heteroatoms. The molecule has 0 bridgehead atoms. The van der Waals surface area contributed by atoms with Crippen molar-refractivity contribution in [3.63, 3.8) is 0 Å². The van der Waals surface area contributed by atoms with Crippen molar-refractivity contribution in [1.82, 2.24) is 9.97 Å². The predicted octanol–water partition coefficient (Wildman–Crippen LogP) is 4.58. The van der Waals surface area contributed by atoms with Gasteiger partial charge in [0.2, 0.25) is 5.95 Å². The number of halogens is 3. The summed E-state index contributed by atoms with van der Waals surface area (Å²) in [5.74, 6) is -1.66. The smallest absolute Gasteiger partial charge is 0.282 e. The van der Waals surface area contributed by atoms with E-state index in [4.69, 9.17) is 16.0 Å². The van der Waals surface area contributed by atoms with Gasteiger partial charge in [0.15, 0.2) is 8.32 Å². The van der Waals surface area contributed by atoms with Crippen LogP contribution in [0.2, 0.25) is 23.3 Å². The molecule has 5 nitrogen and oxygen atoms in total. The van der Waals surface area contributed by atoms with Gasteiger partial charge in [0, 0.05) is 25.3 Å². The Balaban J connectivity index is 1.62. The molecule has 0 N–H and O–H groups in total. The fourth-order valence-electron chi connectivity index (χ4n) is 3.14. The number of hydrogen-bond donors (Lipinski definition) is 0. The zero-order valence-corrected chi connectivity index (χ0v) is 18.5. The second-order valence-electron chi connectivity index (χ2n) is 9.13. The fourth-order valence-corrected chi connectivity index (χ4v) is 4.73. The Bertz CT molecular complexity index is 682. The quantitative estimate of drug-likeness (QED) is 0.529. The summed E-state index contributed by atoms with van der Waals surface area (Å²) in [5.41, 5.74) is 0. The van der Waals surface area contributed by atoms with Crippen LogP contribution < -0.4 is 9.80 Å².